The number of ether oxygens (including phenoxy) is 3. The standard InChI is InChI=1S/C22H20N4O3/c1-13-9-20(21(26-14(13)2)16-7-5-6-8-23-16)29-22-15-10-18(27-3)19(28-4)11-17(15)24-12-25-22/h5-12H,1-4H3. The second-order valence-electron chi connectivity index (χ2n) is 6.46. The van der Waals surface area contributed by atoms with Gasteiger partial charge in [0.25, 0.3) is 0 Å². The molecule has 7 heteroatoms. The number of fused-ring (bicyclic) bond motifs is 1. The van der Waals surface area contributed by atoms with Crippen molar-refractivity contribution in [1.82, 2.24) is 19.9 Å². The average molecular weight is 388 g/mol. The zero-order valence-corrected chi connectivity index (χ0v) is 16.6. The van der Waals surface area contributed by atoms with Crippen LogP contribution < -0.4 is 14.2 Å². The Bertz CT molecular complexity index is 1180. The van der Waals surface area contributed by atoms with Gasteiger partial charge in [-0.15, -0.1) is 0 Å². The molecule has 146 valence electrons. The molecule has 0 saturated heterocycles. The first-order valence-corrected chi connectivity index (χ1v) is 9.05. The second kappa shape index (κ2) is 7.71. The molecule has 0 aliphatic rings. The summed E-state index contributed by atoms with van der Waals surface area (Å²) in [5.41, 5.74) is 3.99. The van der Waals surface area contributed by atoms with Gasteiger partial charge in [-0.05, 0) is 43.7 Å². The Hall–Kier alpha value is -3.74. The van der Waals surface area contributed by atoms with Gasteiger partial charge in [0, 0.05) is 18.0 Å². The number of benzene rings is 1. The van der Waals surface area contributed by atoms with Crippen molar-refractivity contribution in [1.29, 1.82) is 0 Å². The Morgan fingerprint density at radius 1 is 0.828 bits per heavy atom. The van der Waals surface area contributed by atoms with Crippen molar-refractivity contribution >= 4 is 10.9 Å². The largest absolute Gasteiger partial charge is 0.493 e. The fourth-order valence-electron chi connectivity index (χ4n) is 2.99. The third-order valence-corrected chi connectivity index (χ3v) is 4.65. The monoisotopic (exact) mass is 388 g/mol. The Labute approximate surface area is 168 Å². The lowest BCUT2D eigenvalue weighted by Crippen LogP contribution is -1.99. The molecule has 0 N–H and O–H groups in total. The van der Waals surface area contributed by atoms with E-state index < -0.39 is 0 Å². The summed E-state index contributed by atoms with van der Waals surface area (Å²) < 4.78 is 17.0. The van der Waals surface area contributed by atoms with Crippen molar-refractivity contribution in [3.63, 3.8) is 0 Å². The van der Waals surface area contributed by atoms with Crippen LogP contribution >= 0.6 is 0 Å². The molecule has 3 aromatic heterocycles. The number of pyridine rings is 2. The summed E-state index contributed by atoms with van der Waals surface area (Å²) in [4.78, 5) is 17.8. The summed E-state index contributed by atoms with van der Waals surface area (Å²) >= 11 is 0. The van der Waals surface area contributed by atoms with Crippen LogP contribution in [0.3, 0.4) is 0 Å². The number of methoxy groups -OCH3 is 2. The molecular weight excluding hydrogens is 368 g/mol. The smallest absolute Gasteiger partial charge is 0.230 e. The molecule has 0 spiro atoms. The Balaban J connectivity index is 1.86. The molecule has 0 atom stereocenters. The van der Waals surface area contributed by atoms with Gasteiger partial charge in [-0.2, -0.15) is 0 Å². The molecule has 0 amide bonds. The van der Waals surface area contributed by atoms with Crippen LogP contribution in [-0.4, -0.2) is 34.2 Å². The van der Waals surface area contributed by atoms with Crippen LogP contribution in [0.5, 0.6) is 23.1 Å². The summed E-state index contributed by atoms with van der Waals surface area (Å²) in [6.07, 6.45) is 3.19. The first-order chi connectivity index (χ1) is 14.1. The quantitative estimate of drug-likeness (QED) is 0.497. The van der Waals surface area contributed by atoms with Crippen LogP contribution in [0.4, 0.5) is 0 Å². The van der Waals surface area contributed by atoms with E-state index >= 15 is 0 Å². The molecule has 1 aromatic carbocycles. The molecule has 0 radical (unpaired) electrons. The number of hydrogen-bond acceptors (Lipinski definition) is 7. The van der Waals surface area contributed by atoms with Crippen molar-refractivity contribution in [2.45, 2.75) is 13.8 Å². The summed E-state index contributed by atoms with van der Waals surface area (Å²) in [6, 6.07) is 11.2. The topological polar surface area (TPSA) is 79.3 Å². The van der Waals surface area contributed by atoms with Gasteiger partial charge in [-0.1, -0.05) is 6.07 Å². The zero-order chi connectivity index (χ0) is 20.4. The third-order valence-electron chi connectivity index (χ3n) is 4.65. The van der Waals surface area contributed by atoms with E-state index in [4.69, 9.17) is 19.2 Å². The lowest BCUT2D eigenvalue weighted by atomic mass is 10.1. The van der Waals surface area contributed by atoms with E-state index in [1.807, 2.05) is 38.1 Å². The van der Waals surface area contributed by atoms with E-state index in [9.17, 15) is 0 Å². The first-order valence-electron chi connectivity index (χ1n) is 9.05. The number of rotatable bonds is 5. The zero-order valence-electron chi connectivity index (χ0n) is 16.6. The van der Waals surface area contributed by atoms with Gasteiger partial charge in [0.05, 0.1) is 30.8 Å². The van der Waals surface area contributed by atoms with E-state index in [0.717, 1.165) is 17.0 Å². The van der Waals surface area contributed by atoms with Crippen LogP contribution in [0.2, 0.25) is 0 Å². The lowest BCUT2D eigenvalue weighted by molar-refractivity contribution is 0.355. The molecule has 0 aliphatic carbocycles. The highest BCUT2D eigenvalue weighted by atomic mass is 16.5. The molecular formula is C22H20N4O3. The summed E-state index contributed by atoms with van der Waals surface area (Å²) in [5, 5.41) is 0.704. The fourth-order valence-corrected chi connectivity index (χ4v) is 2.99. The van der Waals surface area contributed by atoms with Gasteiger partial charge in [-0.3, -0.25) is 4.98 Å². The number of aryl methyl sites for hydroxylation is 2. The second-order valence-corrected chi connectivity index (χ2v) is 6.46. The van der Waals surface area contributed by atoms with Gasteiger partial charge in [0.1, 0.15) is 12.0 Å². The normalized spacial score (nSPS) is 10.8. The predicted octanol–water partition coefficient (Wildman–Crippen LogP) is 4.51. The van der Waals surface area contributed by atoms with Crippen molar-refractivity contribution in [2.24, 2.45) is 0 Å². The molecule has 3 heterocycles. The van der Waals surface area contributed by atoms with Gasteiger partial charge < -0.3 is 14.2 Å². The van der Waals surface area contributed by atoms with E-state index in [2.05, 4.69) is 15.0 Å². The molecule has 0 unspecified atom stereocenters. The molecule has 0 bridgehead atoms. The maximum Gasteiger partial charge on any atom is 0.230 e. The van der Waals surface area contributed by atoms with Crippen molar-refractivity contribution in [3.8, 4) is 34.5 Å². The Kier molecular flexibility index (Phi) is 4.95. The van der Waals surface area contributed by atoms with Crippen LogP contribution in [0, 0.1) is 13.8 Å². The van der Waals surface area contributed by atoms with Gasteiger partial charge >= 0.3 is 0 Å². The molecule has 0 aliphatic heterocycles. The molecule has 29 heavy (non-hydrogen) atoms. The molecule has 0 saturated carbocycles. The van der Waals surface area contributed by atoms with Crippen LogP contribution in [0.15, 0.2) is 48.9 Å². The maximum absolute atomic E-state index is 6.24. The minimum Gasteiger partial charge on any atom is -0.493 e. The van der Waals surface area contributed by atoms with E-state index in [1.54, 1.807) is 32.5 Å². The Morgan fingerprint density at radius 3 is 2.34 bits per heavy atom. The van der Waals surface area contributed by atoms with Crippen LogP contribution in [-0.2, 0) is 0 Å². The van der Waals surface area contributed by atoms with Crippen LogP contribution in [0.1, 0.15) is 11.3 Å². The minimum absolute atomic E-state index is 0.401. The van der Waals surface area contributed by atoms with Crippen molar-refractivity contribution in [2.75, 3.05) is 14.2 Å². The fraction of sp³-hybridized carbons (Fsp3) is 0.182. The van der Waals surface area contributed by atoms with E-state index in [-0.39, 0.29) is 0 Å². The molecule has 4 rings (SSSR count). The Morgan fingerprint density at radius 2 is 1.62 bits per heavy atom. The highest BCUT2D eigenvalue weighted by Gasteiger charge is 2.17. The highest BCUT2D eigenvalue weighted by Crippen LogP contribution is 2.38. The van der Waals surface area contributed by atoms with E-state index in [1.165, 1.54) is 6.33 Å². The SMILES string of the molecule is COc1cc2ncnc(Oc3cc(C)c(C)nc3-c3ccccn3)c2cc1OC. The summed E-state index contributed by atoms with van der Waals surface area (Å²) in [6.45, 7) is 3.95. The van der Waals surface area contributed by atoms with Crippen LogP contribution in [0.25, 0.3) is 22.3 Å². The van der Waals surface area contributed by atoms with Gasteiger partial charge in [-0.25, -0.2) is 15.0 Å². The lowest BCUT2D eigenvalue weighted by Gasteiger charge is -2.14. The minimum atomic E-state index is 0.401. The average Bonchev–Trinajstić information content (AvgIpc) is 2.76. The van der Waals surface area contributed by atoms with E-state index in [0.29, 0.717) is 39.7 Å². The maximum atomic E-state index is 6.24. The van der Waals surface area contributed by atoms with Crippen molar-refractivity contribution < 1.29 is 14.2 Å². The van der Waals surface area contributed by atoms with Gasteiger partial charge in [0.15, 0.2) is 17.2 Å². The number of nitrogens with zero attached hydrogens (tertiary/aromatic N) is 4. The van der Waals surface area contributed by atoms with Gasteiger partial charge in [0.2, 0.25) is 5.88 Å². The number of aromatic nitrogens is 4. The predicted molar refractivity (Wildman–Crippen MR) is 110 cm³/mol. The highest BCUT2D eigenvalue weighted by molar-refractivity contribution is 5.87. The molecule has 4 aromatic rings. The third kappa shape index (κ3) is 3.54. The number of hydrogen-bond donors (Lipinski definition) is 0. The van der Waals surface area contributed by atoms with Crippen molar-refractivity contribution in [3.05, 3.63) is 60.2 Å². The summed E-state index contributed by atoms with van der Waals surface area (Å²) in [7, 11) is 3.17. The molecule has 7 nitrogen and oxygen atoms in total. The summed E-state index contributed by atoms with van der Waals surface area (Å²) in [5.74, 6) is 2.13. The first kappa shape index (κ1) is 18.6. The molecule has 0 fully saturated rings.